The molecule has 1 heterocycles. The molecule has 2 unspecified atom stereocenters. The van der Waals surface area contributed by atoms with Crippen molar-refractivity contribution in [1.29, 1.82) is 0 Å². The Labute approximate surface area is 206 Å². The highest BCUT2D eigenvalue weighted by Gasteiger charge is 2.41. The van der Waals surface area contributed by atoms with Crippen molar-refractivity contribution < 1.29 is 23.9 Å². The van der Waals surface area contributed by atoms with Crippen LogP contribution in [0.4, 0.5) is 4.79 Å². The number of nitrogens with zero attached hydrogens (tertiary/aromatic N) is 1. The van der Waals surface area contributed by atoms with Gasteiger partial charge in [0.1, 0.15) is 5.75 Å². The summed E-state index contributed by atoms with van der Waals surface area (Å²) in [5.41, 5.74) is 2.44. The fourth-order valence-electron chi connectivity index (χ4n) is 4.34. The predicted octanol–water partition coefficient (Wildman–Crippen LogP) is 5.44. The normalized spacial score (nSPS) is 18.0. The SMILES string of the molecule is COC(=O)N1CC(C(=O)c2ccc(SC)cc2)C(c2cc(C)c(OC(C)(C)C(C)=O)c(C)c2)C1. The van der Waals surface area contributed by atoms with E-state index in [9.17, 15) is 14.4 Å². The number of aryl methyl sites for hydroxylation is 2. The number of hydrogen-bond donors (Lipinski definition) is 0. The number of amides is 1. The first-order chi connectivity index (χ1) is 16.0. The summed E-state index contributed by atoms with van der Waals surface area (Å²) in [6.07, 6.45) is 1.56. The summed E-state index contributed by atoms with van der Waals surface area (Å²) in [6.45, 7) is 9.59. The Morgan fingerprint density at radius 1 is 1.03 bits per heavy atom. The minimum Gasteiger partial charge on any atom is -0.480 e. The Balaban J connectivity index is 1.97. The molecule has 0 aromatic heterocycles. The molecule has 1 aliphatic rings. The van der Waals surface area contributed by atoms with Crippen molar-refractivity contribution in [3.63, 3.8) is 0 Å². The van der Waals surface area contributed by atoms with Crippen LogP contribution in [0.5, 0.6) is 5.75 Å². The summed E-state index contributed by atoms with van der Waals surface area (Å²) in [5.74, 6) is 0.0512. The molecule has 2 aromatic carbocycles. The van der Waals surface area contributed by atoms with Gasteiger partial charge in [-0.2, -0.15) is 0 Å². The average molecular weight is 484 g/mol. The molecule has 2 aromatic rings. The van der Waals surface area contributed by atoms with Gasteiger partial charge in [0.25, 0.3) is 0 Å². The molecule has 34 heavy (non-hydrogen) atoms. The summed E-state index contributed by atoms with van der Waals surface area (Å²) in [7, 11) is 1.35. The predicted molar refractivity (Wildman–Crippen MR) is 134 cm³/mol. The van der Waals surface area contributed by atoms with E-state index in [1.807, 2.05) is 56.5 Å². The second-order valence-corrected chi connectivity index (χ2v) is 10.2. The number of carbonyl (C=O) groups excluding carboxylic acids is 3. The minimum absolute atomic E-state index is 0.0115. The number of Topliss-reactive ketones (excluding diaryl/α,β-unsaturated/α-hetero) is 2. The van der Waals surface area contributed by atoms with E-state index in [1.54, 1.807) is 30.5 Å². The molecular weight excluding hydrogens is 450 g/mol. The molecule has 0 N–H and O–H groups in total. The van der Waals surface area contributed by atoms with E-state index < -0.39 is 17.6 Å². The minimum atomic E-state index is -0.937. The Hall–Kier alpha value is -2.80. The van der Waals surface area contributed by atoms with Gasteiger partial charge in [-0.15, -0.1) is 11.8 Å². The lowest BCUT2D eigenvalue weighted by atomic mass is 9.82. The third-order valence-corrected chi connectivity index (χ3v) is 7.32. The number of rotatable bonds is 7. The van der Waals surface area contributed by atoms with Crippen molar-refractivity contribution in [2.45, 2.75) is 51.0 Å². The molecule has 3 rings (SSSR count). The van der Waals surface area contributed by atoms with Crippen LogP contribution < -0.4 is 4.74 Å². The van der Waals surface area contributed by atoms with Crippen LogP contribution in [0.3, 0.4) is 0 Å². The zero-order chi connectivity index (χ0) is 25.2. The van der Waals surface area contributed by atoms with E-state index in [4.69, 9.17) is 9.47 Å². The lowest BCUT2D eigenvalue weighted by Gasteiger charge is -2.27. The molecule has 1 aliphatic heterocycles. The maximum Gasteiger partial charge on any atom is 0.409 e. The number of ketones is 2. The van der Waals surface area contributed by atoms with Gasteiger partial charge in [0.05, 0.1) is 7.11 Å². The second kappa shape index (κ2) is 10.2. The highest BCUT2D eigenvalue weighted by atomic mass is 32.2. The Morgan fingerprint density at radius 2 is 1.62 bits per heavy atom. The molecule has 1 amide bonds. The van der Waals surface area contributed by atoms with Gasteiger partial charge >= 0.3 is 6.09 Å². The number of benzene rings is 2. The molecule has 182 valence electrons. The molecule has 0 radical (unpaired) electrons. The van der Waals surface area contributed by atoms with E-state index >= 15 is 0 Å². The van der Waals surface area contributed by atoms with E-state index in [0.29, 0.717) is 24.4 Å². The third kappa shape index (κ3) is 5.30. The standard InChI is InChI=1S/C27H33NO5S/c1-16-12-20(13-17(2)25(16)33-27(4,5)18(3)29)22-14-28(26(31)32-6)15-23(22)24(30)19-8-10-21(34-7)11-9-19/h8-13,22-23H,14-15H2,1-7H3. The molecule has 2 atom stereocenters. The molecule has 0 spiro atoms. The maximum absolute atomic E-state index is 13.5. The largest absolute Gasteiger partial charge is 0.480 e. The fraction of sp³-hybridized carbons (Fsp3) is 0.444. The lowest BCUT2D eigenvalue weighted by molar-refractivity contribution is -0.129. The Morgan fingerprint density at radius 3 is 2.12 bits per heavy atom. The van der Waals surface area contributed by atoms with Crippen LogP contribution >= 0.6 is 11.8 Å². The summed E-state index contributed by atoms with van der Waals surface area (Å²) < 4.78 is 11.0. The second-order valence-electron chi connectivity index (χ2n) is 9.33. The van der Waals surface area contributed by atoms with Gasteiger partial charge in [-0.05, 0) is 69.7 Å². The van der Waals surface area contributed by atoms with Crippen LogP contribution in [0.25, 0.3) is 0 Å². The summed E-state index contributed by atoms with van der Waals surface area (Å²) in [4.78, 5) is 40.5. The molecule has 6 nitrogen and oxygen atoms in total. The van der Waals surface area contributed by atoms with Gasteiger partial charge in [0, 0.05) is 35.4 Å². The number of hydrogen-bond acceptors (Lipinski definition) is 6. The van der Waals surface area contributed by atoms with Gasteiger partial charge in [-0.1, -0.05) is 24.3 Å². The van der Waals surface area contributed by atoms with Gasteiger partial charge < -0.3 is 14.4 Å². The first kappa shape index (κ1) is 25.8. The van der Waals surface area contributed by atoms with Gasteiger partial charge in [0.2, 0.25) is 0 Å². The van der Waals surface area contributed by atoms with Crippen LogP contribution in [0.2, 0.25) is 0 Å². The quantitative estimate of drug-likeness (QED) is 0.386. The number of likely N-dealkylation sites (tertiary alicyclic amines) is 1. The molecule has 0 aliphatic carbocycles. The summed E-state index contributed by atoms with van der Waals surface area (Å²) in [5, 5.41) is 0. The van der Waals surface area contributed by atoms with E-state index in [0.717, 1.165) is 21.6 Å². The van der Waals surface area contributed by atoms with Gasteiger partial charge in [0.15, 0.2) is 17.2 Å². The van der Waals surface area contributed by atoms with Crippen molar-refractivity contribution in [2.75, 3.05) is 26.5 Å². The highest BCUT2D eigenvalue weighted by molar-refractivity contribution is 7.98. The first-order valence-electron chi connectivity index (χ1n) is 11.3. The maximum atomic E-state index is 13.5. The first-order valence-corrected chi connectivity index (χ1v) is 12.5. The van der Waals surface area contributed by atoms with Crippen LogP contribution in [-0.4, -0.2) is 54.6 Å². The fourth-order valence-corrected chi connectivity index (χ4v) is 4.75. The molecular formula is C27H33NO5S. The highest BCUT2D eigenvalue weighted by Crippen LogP contribution is 2.39. The van der Waals surface area contributed by atoms with Crippen LogP contribution in [-0.2, 0) is 9.53 Å². The van der Waals surface area contributed by atoms with Gasteiger partial charge in [-0.25, -0.2) is 4.79 Å². The molecule has 7 heteroatoms. The van der Waals surface area contributed by atoms with Crippen molar-refractivity contribution in [3.8, 4) is 5.75 Å². The number of ether oxygens (including phenoxy) is 2. The van der Waals surface area contributed by atoms with Crippen LogP contribution in [0, 0.1) is 19.8 Å². The van der Waals surface area contributed by atoms with Crippen LogP contribution in [0.1, 0.15) is 53.7 Å². The Bertz CT molecular complexity index is 1070. The van der Waals surface area contributed by atoms with E-state index in [1.165, 1.54) is 14.0 Å². The monoisotopic (exact) mass is 483 g/mol. The van der Waals surface area contributed by atoms with Crippen molar-refractivity contribution in [2.24, 2.45) is 5.92 Å². The smallest absolute Gasteiger partial charge is 0.409 e. The topological polar surface area (TPSA) is 72.9 Å². The molecule has 0 bridgehead atoms. The number of carbonyl (C=O) groups is 3. The van der Waals surface area contributed by atoms with E-state index in [-0.39, 0.29) is 17.5 Å². The molecule has 1 fully saturated rings. The van der Waals surface area contributed by atoms with Gasteiger partial charge in [-0.3, -0.25) is 9.59 Å². The van der Waals surface area contributed by atoms with Crippen molar-refractivity contribution in [1.82, 2.24) is 4.90 Å². The molecule has 0 saturated carbocycles. The number of thioether (sulfide) groups is 1. The molecule has 1 saturated heterocycles. The number of methoxy groups -OCH3 is 1. The Kier molecular flexibility index (Phi) is 7.76. The lowest BCUT2D eigenvalue weighted by Crippen LogP contribution is -2.36. The van der Waals surface area contributed by atoms with Crippen LogP contribution in [0.15, 0.2) is 41.3 Å². The zero-order valence-electron chi connectivity index (χ0n) is 20.9. The van der Waals surface area contributed by atoms with E-state index in [2.05, 4.69) is 0 Å². The average Bonchev–Trinajstić information content (AvgIpc) is 3.25. The summed E-state index contributed by atoms with van der Waals surface area (Å²) >= 11 is 1.62. The third-order valence-electron chi connectivity index (χ3n) is 6.58. The zero-order valence-corrected chi connectivity index (χ0v) is 21.7. The van der Waals surface area contributed by atoms with Crippen molar-refractivity contribution in [3.05, 3.63) is 58.7 Å². The van der Waals surface area contributed by atoms with Crippen molar-refractivity contribution >= 4 is 29.4 Å². The summed E-state index contributed by atoms with van der Waals surface area (Å²) in [6, 6.07) is 11.6.